The number of hydrogen-bond acceptors (Lipinski definition) is 4. The molecule has 2 heterocycles. The summed E-state index contributed by atoms with van der Waals surface area (Å²) in [5.41, 5.74) is 4.18. The largest absolute Gasteiger partial charge is 0.208 e. The number of aromatic nitrogens is 3. The molecule has 0 aliphatic carbocycles. The van der Waals surface area contributed by atoms with Gasteiger partial charge in [0.05, 0.1) is 5.56 Å². The van der Waals surface area contributed by atoms with Crippen LogP contribution in [0.4, 0.5) is 4.39 Å². The first kappa shape index (κ1) is 22.5. The summed E-state index contributed by atoms with van der Waals surface area (Å²) >= 11 is 1.72. The lowest BCUT2D eigenvalue weighted by Gasteiger charge is -2.12. The minimum Gasteiger partial charge on any atom is -0.208 e. The summed E-state index contributed by atoms with van der Waals surface area (Å²) in [6.45, 7) is 0. The number of fused-ring (bicyclic) bond motifs is 3. The van der Waals surface area contributed by atoms with E-state index in [2.05, 4.69) is 48.5 Å². The highest BCUT2D eigenvalue weighted by Gasteiger charge is 2.19. The van der Waals surface area contributed by atoms with Gasteiger partial charge in [0, 0.05) is 31.3 Å². The van der Waals surface area contributed by atoms with Gasteiger partial charge in [-0.25, -0.2) is 19.3 Å². The van der Waals surface area contributed by atoms with Crippen LogP contribution in [0, 0.1) is 5.82 Å². The first-order valence-corrected chi connectivity index (χ1v) is 13.1. The van der Waals surface area contributed by atoms with Gasteiger partial charge in [-0.3, -0.25) is 0 Å². The smallest absolute Gasteiger partial charge is 0.167 e. The normalized spacial score (nSPS) is 11.3. The van der Waals surface area contributed by atoms with Crippen LogP contribution >= 0.6 is 11.3 Å². The Morgan fingerprint density at radius 1 is 0.447 bits per heavy atom. The molecule has 3 nitrogen and oxygen atoms in total. The average molecular weight is 510 g/mol. The number of nitrogens with zero attached hydrogens (tertiary/aromatic N) is 3. The minimum atomic E-state index is -0.369. The average Bonchev–Trinajstić information content (AvgIpc) is 3.37. The predicted molar refractivity (Wildman–Crippen MR) is 154 cm³/mol. The van der Waals surface area contributed by atoms with Crippen LogP contribution in [-0.2, 0) is 0 Å². The highest BCUT2D eigenvalue weighted by Crippen LogP contribution is 2.40. The fraction of sp³-hybridized carbons (Fsp3) is 0. The van der Waals surface area contributed by atoms with Crippen molar-refractivity contribution >= 4 is 31.5 Å². The Morgan fingerprint density at radius 3 is 1.79 bits per heavy atom. The number of benzene rings is 5. The lowest BCUT2D eigenvalue weighted by molar-refractivity contribution is 0.630. The number of hydrogen-bond donors (Lipinski definition) is 0. The molecule has 0 fully saturated rings. The van der Waals surface area contributed by atoms with Gasteiger partial charge in [0.2, 0.25) is 0 Å². The summed E-state index contributed by atoms with van der Waals surface area (Å²) in [5.74, 6) is 0.968. The first-order chi connectivity index (χ1) is 18.8. The third kappa shape index (κ3) is 3.85. The van der Waals surface area contributed by atoms with Crippen molar-refractivity contribution in [3.63, 3.8) is 0 Å². The van der Waals surface area contributed by atoms with Crippen LogP contribution in [-0.4, -0.2) is 15.0 Å². The molecular formula is C33H20FN3S. The maximum absolute atomic E-state index is 15.0. The molecule has 0 unspecified atom stereocenters. The maximum Gasteiger partial charge on any atom is 0.167 e. The fourth-order valence-corrected chi connectivity index (χ4v) is 6.06. The highest BCUT2D eigenvalue weighted by molar-refractivity contribution is 7.26. The summed E-state index contributed by atoms with van der Waals surface area (Å²) in [4.78, 5) is 14.6. The number of halogens is 1. The monoisotopic (exact) mass is 509 g/mol. The van der Waals surface area contributed by atoms with Crippen LogP contribution in [0.2, 0.25) is 0 Å². The summed E-state index contributed by atoms with van der Waals surface area (Å²) in [6, 6.07) is 39.4. The number of thiophene rings is 1. The molecule has 7 aromatic rings. The van der Waals surface area contributed by atoms with Crippen molar-refractivity contribution in [2.45, 2.75) is 0 Å². The second-order valence-electron chi connectivity index (χ2n) is 8.98. The van der Waals surface area contributed by atoms with Gasteiger partial charge < -0.3 is 0 Å². The SMILES string of the molecule is Fc1ccccc1-c1nc(-c2ccccc2-c2ccccc2)nc(-c2cccc3c2sc2ccccc23)n1. The Labute approximate surface area is 222 Å². The molecule has 0 radical (unpaired) electrons. The van der Waals surface area contributed by atoms with E-state index in [0.29, 0.717) is 23.0 Å². The van der Waals surface area contributed by atoms with Crippen molar-refractivity contribution in [2.75, 3.05) is 0 Å². The molecule has 0 saturated carbocycles. The van der Waals surface area contributed by atoms with Crippen LogP contribution in [0.15, 0.2) is 121 Å². The molecule has 5 aromatic carbocycles. The molecule has 180 valence electrons. The zero-order chi connectivity index (χ0) is 25.5. The van der Waals surface area contributed by atoms with E-state index in [1.54, 1.807) is 29.5 Å². The Balaban J connectivity index is 1.51. The standard InChI is InChI=1S/C33H20FN3S/c34-28-19-8-6-16-26(28)32-35-31(25-15-5-4-13-22(25)21-11-2-1-3-12-21)36-33(37-32)27-18-10-17-24-23-14-7-9-20-29(23)38-30(24)27/h1-20H. The Morgan fingerprint density at radius 2 is 1.00 bits per heavy atom. The Bertz CT molecular complexity index is 1950. The molecular weight excluding hydrogens is 489 g/mol. The summed E-state index contributed by atoms with van der Waals surface area (Å²) in [6.07, 6.45) is 0. The van der Waals surface area contributed by atoms with Gasteiger partial charge >= 0.3 is 0 Å². The summed E-state index contributed by atoms with van der Waals surface area (Å²) in [7, 11) is 0. The molecule has 0 spiro atoms. The molecule has 0 aliphatic heterocycles. The molecule has 38 heavy (non-hydrogen) atoms. The van der Waals surface area contributed by atoms with Gasteiger partial charge in [-0.1, -0.05) is 97.1 Å². The Hall–Kier alpha value is -4.74. The molecule has 7 rings (SSSR count). The van der Waals surface area contributed by atoms with Crippen molar-refractivity contribution in [2.24, 2.45) is 0 Å². The van der Waals surface area contributed by atoms with Crippen molar-refractivity contribution in [3.05, 3.63) is 127 Å². The topological polar surface area (TPSA) is 38.7 Å². The molecule has 0 aliphatic rings. The molecule has 0 N–H and O–H groups in total. The van der Waals surface area contributed by atoms with Crippen LogP contribution in [0.1, 0.15) is 0 Å². The van der Waals surface area contributed by atoms with E-state index in [1.807, 2.05) is 48.5 Å². The molecule has 0 amide bonds. The number of rotatable bonds is 4. The Kier molecular flexibility index (Phi) is 5.49. The van der Waals surface area contributed by atoms with E-state index in [0.717, 1.165) is 32.3 Å². The van der Waals surface area contributed by atoms with E-state index in [9.17, 15) is 4.39 Å². The van der Waals surface area contributed by atoms with Gasteiger partial charge in [-0.15, -0.1) is 11.3 Å². The van der Waals surface area contributed by atoms with E-state index < -0.39 is 0 Å². The lowest BCUT2D eigenvalue weighted by Crippen LogP contribution is -2.02. The highest BCUT2D eigenvalue weighted by atomic mass is 32.1. The van der Waals surface area contributed by atoms with Crippen molar-refractivity contribution < 1.29 is 4.39 Å². The van der Waals surface area contributed by atoms with Crippen molar-refractivity contribution in [1.82, 2.24) is 15.0 Å². The van der Waals surface area contributed by atoms with E-state index in [-0.39, 0.29) is 5.82 Å². The molecule has 0 saturated heterocycles. The van der Waals surface area contributed by atoms with Crippen LogP contribution < -0.4 is 0 Å². The zero-order valence-electron chi connectivity index (χ0n) is 20.2. The zero-order valence-corrected chi connectivity index (χ0v) is 21.0. The molecule has 0 bridgehead atoms. The minimum absolute atomic E-state index is 0.309. The van der Waals surface area contributed by atoms with Gasteiger partial charge in [0.25, 0.3) is 0 Å². The van der Waals surface area contributed by atoms with E-state index in [1.165, 1.54) is 16.2 Å². The lowest BCUT2D eigenvalue weighted by atomic mass is 9.99. The third-order valence-corrected chi connectivity index (χ3v) is 7.87. The van der Waals surface area contributed by atoms with E-state index >= 15 is 0 Å². The third-order valence-electron chi connectivity index (χ3n) is 6.65. The van der Waals surface area contributed by atoms with Crippen molar-refractivity contribution in [3.8, 4) is 45.3 Å². The second kappa shape index (κ2) is 9.29. The summed E-state index contributed by atoms with van der Waals surface area (Å²) < 4.78 is 17.3. The van der Waals surface area contributed by atoms with E-state index in [4.69, 9.17) is 15.0 Å². The first-order valence-electron chi connectivity index (χ1n) is 12.3. The second-order valence-corrected chi connectivity index (χ2v) is 10.0. The van der Waals surface area contributed by atoms with Crippen molar-refractivity contribution in [1.29, 1.82) is 0 Å². The van der Waals surface area contributed by atoms with Gasteiger partial charge in [-0.05, 0) is 35.4 Å². The van der Waals surface area contributed by atoms with Gasteiger partial charge in [0.15, 0.2) is 17.5 Å². The maximum atomic E-state index is 15.0. The van der Waals surface area contributed by atoms with Crippen LogP contribution in [0.3, 0.4) is 0 Å². The quantitative estimate of drug-likeness (QED) is 0.238. The van der Waals surface area contributed by atoms with Crippen LogP contribution in [0.5, 0.6) is 0 Å². The molecule has 2 aromatic heterocycles. The molecule has 0 atom stereocenters. The summed E-state index contributed by atoms with van der Waals surface area (Å²) in [5, 5.41) is 2.36. The molecule has 5 heteroatoms. The fourth-order valence-electron chi connectivity index (χ4n) is 4.85. The van der Waals surface area contributed by atoms with Gasteiger partial charge in [-0.2, -0.15) is 0 Å². The van der Waals surface area contributed by atoms with Crippen LogP contribution in [0.25, 0.3) is 65.5 Å². The van der Waals surface area contributed by atoms with Gasteiger partial charge in [0.1, 0.15) is 5.82 Å². The predicted octanol–water partition coefficient (Wildman–Crippen LogP) is 9.05.